The van der Waals surface area contributed by atoms with Crippen molar-refractivity contribution in [2.45, 2.75) is 36.6 Å². The number of benzene rings is 5. The number of hydrogen-bond acceptors (Lipinski definition) is 19. The molecule has 79 heavy (non-hydrogen) atoms. The maximum absolute atomic E-state index is 10.0. The van der Waals surface area contributed by atoms with E-state index in [1.54, 1.807) is 12.4 Å². The molecule has 0 bridgehead atoms. The molecule has 5 aromatic carbocycles. The van der Waals surface area contributed by atoms with Crippen LogP contribution in [0.3, 0.4) is 0 Å². The Kier molecular flexibility index (Phi) is 24.5. The molecule has 3 unspecified atom stereocenters. The number of oxime groups is 1. The topological polar surface area (TPSA) is 194 Å². The Morgan fingerprint density at radius 2 is 1.25 bits per heavy atom. The molecule has 20 heteroatoms. The highest BCUT2D eigenvalue weighted by Crippen LogP contribution is 2.49. The van der Waals surface area contributed by atoms with E-state index in [2.05, 4.69) is 64.0 Å². The van der Waals surface area contributed by atoms with Crippen molar-refractivity contribution in [1.29, 1.82) is 5.26 Å². The molecule has 2 aliphatic rings. The molecular formula is C59H71N7O12S. The number of rotatable bonds is 37. The van der Waals surface area contributed by atoms with Crippen LogP contribution in [0, 0.1) is 17.6 Å². The van der Waals surface area contributed by atoms with Gasteiger partial charge in [0.05, 0.1) is 136 Å². The number of thioether (sulfide) groups is 1. The number of ether oxygens (including phenoxy) is 10. The molecule has 3 atom stereocenters. The van der Waals surface area contributed by atoms with Crippen molar-refractivity contribution in [3.63, 3.8) is 0 Å². The first-order chi connectivity index (χ1) is 39.1. The summed E-state index contributed by atoms with van der Waals surface area (Å²) in [6.45, 7) is 10.9. The maximum Gasteiger partial charge on any atom is 0.140 e. The first-order valence-electron chi connectivity index (χ1n) is 26.7. The number of nitrogens with zero attached hydrogens (tertiary/aromatic N) is 7. The van der Waals surface area contributed by atoms with Gasteiger partial charge in [0, 0.05) is 40.2 Å². The fourth-order valence-electron chi connectivity index (χ4n) is 8.92. The van der Waals surface area contributed by atoms with E-state index in [1.807, 2.05) is 84.7 Å². The van der Waals surface area contributed by atoms with E-state index < -0.39 is 0 Å². The van der Waals surface area contributed by atoms with Gasteiger partial charge in [-0.25, -0.2) is 5.01 Å². The Labute approximate surface area is 466 Å². The van der Waals surface area contributed by atoms with Gasteiger partial charge in [-0.1, -0.05) is 88.7 Å². The van der Waals surface area contributed by atoms with Gasteiger partial charge < -0.3 is 62.3 Å². The molecule has 0 aliphatic carbocycles. The van der Waals surface area contributed by atoms with Gasteiger partial charge in [0.2, 0.25) is 0 Å². The normalized spacial score (nSPS) is 15.2. The smallest absolute Gasteiger partial charge is 0.140 e. The maximum atomic E-state index is 10.0. The quantitative estimate of drug-likeness (QED) is 0.00967. The van der Waals surface area contributed by atoms with Gasteiger partial charge in [-0.2, -0.15) is 15.1 Å². The average Bonchev–Trinajstić information content (AvgIpc) is 4.22. The molecule has 8 rings (SSSR count). The van der Waals surface area contributed by atoms with Crippen LogP contribution in [0.25, 0.3) is 10.9 Å². The second kappa shape index (κ2) is 33.1. The van der Waals surface area contributed by atoms with E-state index >= 15 is 0 Å². The van der Waals surface area contributed by atoms with Crippen molar-refractivity contribution in [3.8, 4) is 11.2 Å². The molecule has 3 heterocycles. The Morgan fingerprint density at radius 1 is 0.658 bits per heavy atom. The number of anilines is 2. The molecule has 0 saturated heterocycles. The molecule has 0 spiro atoms. The second-order valence-electron chi connectivity index (χ2n) is 18.3. The fourth-order valence-corrected chi connectivity index (χ4v) is 9.30. The zero-order valence-electron chi connectivity index (χ0n) is 44.8. The Morgan fingerprint density at radius 3 is 1.96 bits per heavy atom. The molecule has 2 aliphatic heterocycles. The molecule has 19 nitrogen and oxygen atoms in total. The van der Waals surface area contributed by atoms with Gasteiger partial charge in [-0.15, -0.1) is 0 Å². The SMILES string of the molecule is Cc1ccc(OCCOCCOCCOCC(COCCOCCOCCO/N=C/c2cn(O)c3ccccc23)OCCOCCOCCN2Cc3ccccc3C3C(N=NN3c3ccc(SC#N)cc3)c3ccccc32)cc1. The molecule has 1 N–H and O–H groups in total. The van der Waals surface area contributed by atoms with E-state index in [9.17, 15) is 5.21 Å². The van der Waals surface area contributed by atoms with Crippen LogP contribution in [0.5, 0.6) is 5.75 Å². The lowest BCUT2D eigenvalue weighted by Gasteiger charge is -2.35. The summed E-state index contributed by atoms with van der Waals surface area (Å²) < 4.78 is 59.5. The van der Waals surface area contributed by atoms with Gasteiger partial charge >= 0.3 is 0 Å². The third-order valence-corrected chi connectivity index (χ3v) is 13.4. The highest BCUT2D eigenvalue weighted by atomic mass is 32.2. The van der Waals surface area contributed by atoms with E-state index in [-0.39, 0.29) is 24.8 Å². The monoisotopic (exact) mass is 1100 g/mol. The average molecular weight is 1100 g/mol. The molecule has 0 radical (unpaired) electrons. The number of aromatic nitrogens is 1. The largest absolute Gasteiger partial charge is 0.491 e. The van der Waals surface area contributed by atoms with E-state index in [0.29, 0.717) is 138 Å². The van der Waals surface area contributed by atoms with Gasteiger partial charge in [0.15, 0.2) is 0 Å². The fraction of sp³-hybridized carbons (Fsp3) is 0.424. The van der Waals surface area contributed by atoms with Crippen molar-refractivity contribution >= 4 is 40.3 Å². The van der Waals surface area contributed by atoms with Crippen LogP contribution in [0.15, 0.2) is 148 Å². The van der Waals surface area contributed by atoms with E-state index in [0.717, 1.165) is 55.0 Å². The summed E-state index contributed by atoms with van der Waals surface area (Å²) in [6.07, 6.45) is 2.82. The van der Waals surface area contributed by atoms with Gasteiger partial charge in [0.1, 0.15) is 42.6 Å². The third-order valence-electron chi connectivity index (χ3n) is 12.8. The lowest BCUT2D eigenvalue weighted by Crippen LogP contribution is -2.33. The predicted molar refractivity (Wildman–Crippen MR) is 300 cm³/mol. The predicted octanol–water partition coefficient (Wildman–Crippen LogP) is 9.40. The van der Waals surface area contributed by atoms with Crippen molar-refractivity contribution in [2.24, 2.45) is 15.5 Å². The third kappa shape index (κ3) is 18.5. The highest BCUT2D eigenvalue weighted by molar-refractivity contribution is 8.03. The standard InChI is InChI=1S/C59H71N7O12S/c1-46-14-18-50(19-15-46)76-37-34-72-28-26-69-30-32-74-43-51(44-75-33-31-70-27-29-73-36-39-78-61-40-48-42-65(67)57-13-7-4-9-53(48)57)77-38-35-71-25-24-68-23-22-64-41-47-8-2-3-10-54(47)59-58(55-11-5-6-12-56(55)64)62-63-66(59)49-16-20-52(21-17-49)79-45-60/h2-21,40,42,51,58-59,67H,22-39,41,43-44H2,1H3/b61-40+. The van der Waals surface area contributed by atoms with Crippen LogP contribution in [0.2, 0.25) is 0 Å². The van der Waals surface area contributed by atoms with E-state index in [4.69, 9.17) is 67.8 Å². The number of aryl methyl sites for hydroxylation is 1. The number of hydrogen-bond donors (Lipinski definition) is 1. The number of thiocyanates is 1. The summed E-state index contributed by atoms with van der Waals surface area (Å²) in [7, 11) is 0. The lowest BCUT2D eigenvalue weighted by molar-refractivity contribution is -0.0869. The molecule has 0 saturated carbocycles. The molecule has 0 amide bonds. The van der Waals surface area contributed by atoms with Gasteiger partial charge in [0.25, 0.3) is 0 Å². The first-order valence-corrected chi connectivity index (χ1v) is 27.5. The zero-order valence-corrected chi connectivity index (χ0v) is 45.6. The van der Waals surface area contributed by atoms with Crippen LogP contribution < -0.4 is 14.6 Å². The molecule has 6 aromatic rings. The Balaban J connectivity index is 0.705. The summed E-state index contributed by atoms with van der Waals surface area (Å²) in [5.41, 5.74) is 8.14. The highest BCUT2D eigenvalue weighted by Gasteiger charge is 2.40. The minimum absolute atomic E-state index is 0.126. The minimum atomic E-state index is -0.333. The van der Waals surface area contributed by atoms with Crippen LogP contribution in [-0.4, -0.2) is 154 Å². The summed E-state index contributed by atoms with van der Waals surface area (Å²) in [5, 5.41) is 37.8. The van der Waals surface area contributed by atoms with Crippen molar-refractivity contribution in [3.05, 3.63) is 155 Å². The molecule has 0 fully saturated rings. The zero-order chi connectivity index (χ0) is 54.5. The van der Waals surface area contributed by atoms with E-state index in [1.165, 1.54) is 16.7 Å². The van der Waals surface area contributed by atoms with Crippen molar-refractivity contribution in [2.75, 3.05) is 142 Å². The van der Waals surface area contributed by atoms with Crippen molar-refractivity contribution in [1.82, 2.24) is 4.73 Å². The molecule has 420 valence electrons. The summed E-state index contributed by atoms with van der Waals surface area (Å²) in [5.74, 6) is 0.823. The summed E-state index contributed by atoms with van der Waals surface area (Å²) in [6, 6.07) is 39.9. The molecule has 1 aromatic heterocycles. The van der Waals surface area contributed by atoms with Gasteiger partial charge in [-0.05, 0) is 78.3 Å². The van der Waals surface area contributed by atoms with Crippen LogP contribution in [0.1, 0.15) is 39.9 Å². The van der Waals surface area contributed by atoms with Crippen LogP contribution >= 0.6 is 11.8 Å². The number of para-hydroxylation sites is 2. The second-order valence-corrected chi connectivity index (χ2v) is 19.2. The Bertz CT molecular complexity index is 2820. The van der Waals surface area contributed by atoms with Gasteiger partial charge in [-0.3, -0.25) is 0 Å². The summed E-state index contributed by atoms with van der Waals surface area (Å²) >= 11 is 1.14. The molecular weight excluding hydrogens is 1030 g/mol. The first kappa shape index (κ1) is 58.5. The lowest BCUT2D eigenvalue weighted by atomic mass is 9.87. The van der Waals surface area contributed by atoms with Crippen molar-refractivity contribution < 1.29 is 57.4 Å². The number of fused-ring (bicyclic) bond motifs is 6. The Hall–Kier alpha value is -6.61. The van der Waals surface area contributed by atoms with Crippen LogP contribution in [0.4, 0.5) is 11.4 Å². The number of nitriles is 1. The summed E-state index contributed by atoms with van der Waals surface area (Å²) in [4.78, 5) is 8.57. The minimum Gasteiger partial charge on any atom is -0.491 e. The van der Waals surface area contributed by atoms with Crippen LogP contribution in [-0.2, 0) is 54.0 Å².